The topological polar surface area (TPSA) is 71.0 Å². The average Bonchev–Trinajstić information content (AvgIpc) is 3.06. The molecule has 1 atom stereocenters. The summed E-state index contributed by atoms with van der Waals surface area (Å²) in [6, 6.07) is 4.90. The van der Waals surface area contributed by atoms with Crippen molar-refractivity contribution in [1.29, 1.82) is 0 Å². The smallest absolute Gasteiger partial charge is 0.251 e. The number of amides is 1. The summed E-state index contributed by atoms with van der Waals surface area (Å²) in [5, 5.41) is 12.4. The molecule has 0 spiro atoms. The molecule has 2 heterocycles. The standard InChI is InChI=1S/C16H22N2O4/c19-11-13(10-18-5-1-2-6-18)17-16(20)12-3-4-14-15(9-12)22-8-7-21-14/h3-4,9,13,19H,1-2,5-8,10-11H2,(H,17,20). The first-order chi connectivity index (χ1) is 10.8. The van der Waals surface area contributed by atoms with E-state index in [1.54, 1.807) is 18.2 Å². The van der Waals surface area contributed by atoms with Crippen molar-refractivity contribution in [3.8, 4) is 11.5 Å². The van der Waals surface area contributed by atoms with Crippen LogP contribution in [0.3, 0.4) is 0 Å². The molecule has 2 aliphatic heterocycles. The minimum atomic E-state index is -0.251. The quantitative estimate of drug-likeness (QED) is 0.835. The van der Waals surface area contributed by atoms with Crippen LogP contribution in [0, 0.1) is 0 Å². The number of benzene rings is 1. The van der Waals surface area contributed by atoms with Crippen LogP contribution in [0.4, 0.5) is 0 Å². The van der Waals surface area contributed by atoms with Crippen LogP contribution in [0.5, 0.6) is 11.5 Å². The maximum Gasteiger partial charge on any atom is 0.251 e. The summed E-state index contributed by atoms with van der Waals surface area (Å²) in [6.45, 7) is 3.72. The van der Waals surface area contributed by atoms with E-state index in [1.807, 2.05) is 0 Å². The van der Waals surface area contributed by atoms with E-state index in [0.717, 1.165) is 13.1 Å². The zero-order valence-electron chi connectivity index (χ0n) is 12.6. The molecule has 2 N–H and O–H groups in total. The predicted octanol–water partition coefficient (Wildman–Crippen LogP) is 0.644. The zero-order valence-corrected chi connectivity index (χ0v) is 12.6. The molecule has 1 unspecified atom stereocenters. The van der Waals surface area contributed by atoms with Crippen molar-refractivity contribution in [3.63, 3.8) is 0 Å². The van der Waals surface area contributed by atoms with Gasteiger partial charge < -0.3 is 24.8 Å². The second kappa shape index (κ2) is 6.98. The van der Waals surface area contributed by atoms with Crippen LogP contribution in [0.1, 0.15) is 23.2 Å². The first-order valence-corrected chi connectivity index (χ1v) is 7.80. The molecule has 120 valence electrons. The highest BCUT2D eigenvalue weighted by Gasteiger charge is 2.20. The fourth-order valence-electron chi connectivity index (χ4n) is 2.88. The van der Waals surface area contributed by atoms with Gasteiger partial charge in [-0.2, -0.15) is 0 Å². The Balaban J connectivity index is 1.62. The number of nitrogens with zero attached hydrogens (tertiary/aromatic N) is 1. The molecular formula is C16H22N2O4. The maximum absolute atomic E-state index is 12.3. The molecule has 1 saturated heterocycles. The van der Waals surface area contributed by atoms with Crippen LogP contribution in [-0.2, 0) is 0 Å². The third-order valence-corrected chi connectivity index (χ3v) is 4.04. The van der Waals surface area contributed by atoms with E-state index in [2.05, 4.69) is 10.2 Å². The lowest BCUT2D eigenvalue weighted by atomic mass is 10.1. The summed E-state index contributed by atoms with van der Waals surface area (Å²) < 4.78 is 10.9. The van der Waals surface area contributed by atoms with E-state index in [-0.39, 0.29) is 18.6 Å². The summed E-state index contributed by atoms with van der Waals surface area (Å²) in [6.07, 6.45) is 2.38. The molecule has 3 rings (SSSR count). The lowest BCUT2D eigenvalue weighted by Gasteiger charge is -2.23. The van der Waals surface area contributed by atoms with E-state index in [9.17, 15) is 9.90 Å². The Morgan fingerprint density at radius 1 is 1.23 bits per heavy atom. The number of aliphatic hydroxyl groups excluding tert-OH is 1. The van der Waals surface area contributed by atoms with E-state index in [4.69, 9.17) is 9.47 Å². The Kier molecular flexibility index (Phi) is 4.80. The SMILES string of the molecule is O=C(NC(CO)CN1CCCC1)c1ccc2c(c1)OCCO2. The fraction of sp³-hybridized carbons (Fsp3) is 0.562. The number of nitrogens with one attached hydrogen (secondary N) is 1. The molecule has 1 fully saturated rings. The molecular weight excluding hydrogens is 284 g/mol. The Labute approximate surface area is 130 Å². The van der Waals surface area contributed by atoms with Crippen LogP contribution in [0.25, 0.3) is 0 Å². The lowest BCUT2D eigenvalue weighted by molar-refractivity contribution is 0.0898. The van der Waals surface area contributed by atoms with Gasteiger partial charge in [0.1, 0.15) is 13.2 Å². The molecule has 6 nitrogen and oxygen atoms in total. The summed E-state index contributed by atoms with van der Waals surface area (Å²) in [5.41, 5.74) is 0.518. The largest absolute Gasteiger partial charge is 0.486 e. The number of fused-ring (bicyclic) bond motifs is 1. The molecule has 1 aromatic carbocycles. The minimum Gasteiger partial charge on any atom is -0.486 e. The van der Waals surface area contributed by atoms with Gasteiger partial charge in [0.05, 0.1) is 12.6 Å². The maximum atomic E-state index is 12.3. The van der Waals surface area contributed by atoms with E-state index >= 15 is 0 Å². The first-order valence-electron chi connectivity index (χ1n) is 7.80. The number of carbonyl (C=O) groups is 1. The van der Waals surface area contributed by atoms with Crippen LogP contribution in [0.2, 0.25) is 0 Å². The Bertz CT molecular complexity index is 529. The Morgan fingerprint density at radius 3 is 2.68 bits per heavy atom. The Morgan fingerprint density at radius 2 is 1.95 bits per heavy atom. The van der Waals surface area contributed by atoms with Gasteiger partial charge in [0.25, 0.3) is 5.91 Å². The van der Waals surface area contributed by atoms with Crippen LogP contribution in [-0.4, -0.2) is 61.4 Å². The Hall–Kier alpha value is -1.79. The molecule has 1 amide bonds. The van der Waals surface area contributed by atoms with Crippen molar-refractivity contribution in [3.05, 3.63) is 23.8 Å². The van der Waals surface area contributed by atoms with Gasteiger partial charge in [-0.1, -0.05) is 0 Å². The summed E-state index contributed by atoms with van der Waals surface area (Å²) in [5.74, 6) is 1.06. The fourth-order valence-corrected chi connectivity index (χ4v) is 2.88. The van der Waals surface area contributed by atoms with Gasteiger partial charge in [0.2, 0.25) is 0 Å². The number of rotatable bonds is 5. The van der Waals surface area contributed by atoms with Crippen molar-refractivity contribution in [2.45, 2.75) is 18.9 Å². The molecule has 0 bridgehead atoms. The van der Waals surface area contributed by atoms with Gasteiger partial charge in [-0.05, 0) is 44.1 Å². The van der Waals surface area contributed by atoms with Crippen molar-refractivity contribution in [2.24, 2.45) is 0 Å². The van der Waals surface area contributed by atoms with Gasteiger partial charge >= 0.3 is 0 Å². The molecule has 6 heteroatoms. The van der Waals surface area contributed by atoms with Gasteiger partial charge in [-0.15, -0.1) is 0 Å². The molecule has 22 heavy (non-hydrogen) atoms. The van der Waals surface area contributed by atoms with Gasteiger partial charge in [0, 0.05) is 12.1 Å². The number of hydrogen-bond acceptors (Lipinski definition) is 5. The monoisotopic (exact) mass is 306 g/mol. The second-order valence-electron chi connectivity index (χ2n) is 5.72. The zero-order chi connectivity index (χ0) is 15.4. The highest BCUT2D eigenvalue weighted by molar-refractivity contribution is 5.95. The van der Waals surface area contributed by atoms with Crippen molar-refractivity contribution in [1.82, 2.24) is 10.2 Å². The van der Waals surface area contributed by atoms with E-state index in [0.29, 0.717) is 36.8 Å². The number of likely N-dealkylation sites (tertiary alicyclic amines) is 1. The molecule has 0 saturated carbocycles. The normalized spacial score (nSPS) is 19.0. The minimum absolute atomic E-state index is 0.0627. The summed E-state index contributed by atoms with van der Waals surface area (Å²) in [4.78, 5) is 14.6. The molecule has 0 radical (unpaired) electrons. The number of aliphatic hydroxyl groups is 1. The average molecular weight is 306 g/mol. The number of carbonyl (C=O) groups excluding carboxylic acids is 1. The molecule has 2 aliphatic rings. The molecule has 1 aromatic rings. The van der Waals surface area contributed by atoms with Gasteiger partial charge in [-0.3, -0.25) is 4.79 Å². The van der Waals surface area contributed by atoms with Gasteiger partial charge in [0.15, 0.2) is 11.5 Å². The van der Waals surface area contributed by atoms with E-state index in [1.165, 1.54) is 12.8 Å². The number of hydrogen-bond donors (Lipinski definition) is 2. The van der Waals surface area contributed by atoms with E-state index < -0.39 is 0 Å². The second-order valence-corrected chi connectivity index (χ2v) is 5.72. The third kappa shape index (κ3) is 3.51. The highest BCUT2D eigenvalue weighted by Crippen LogP contribution is 2.30. The summed E-state index contributed by atoms with van der Waals surface area (Å²) >= 11 is 0. The van der Waals surface area contributed by atoms with Crippen molar-refractivity contribution < 1.29 is 19.4 Å². The highest BCUT2D eigenvalue weighted by atomic mass is 16.6. The lowest BCUT2D eigenvalue weighted by Crippen LogP contribution is -2.45. The van der Waals surface area contributed by atoms with Crippen LogP contribution in [0.15, 0.2) is 18.2 Å². The van der Waals surface area contributed by atoms with Crippen molar-refractivity contribution in [2.75, 3.05) is 39.5 Å². The first kappa shape index (κ1) is 15.1. The molecule has 0 aromatic heterocycles. The van der Waals surface area contributed by atoms with Crippen LogP contribution >= 0.6 is 0 Å². The summed E-state index contributed by atoms with van der Waals surface area (Å²) in [7, 11) is 0. The van der Waals surface area contributed by atoms with Crippen LogP contribution < -0.4 is 14.8 Å². The predicted molar refractivity (Wildman–Crippen MR) is 81.4 cm³/mol. The molecule has 0 aliphatic carbocycles. The van der Waals surface area contributed by atoms with Crippen molar-refractivity contribution >= 4 is 5.91 Å². The third-order valence-electron chi connectivity index (χ3n) is 4.04. The van der Waals surface area contributed by atoms with Gasteiger partial charge in [-0.25, -0.2) is 0 Å². The number of ether oxygens (including phenoxy) is 2.